The van der Waals surface area contributed by atoms with Crippen LogP contribution in [0.1, 0.15) is 35.2 Å². The molecule has 1 aromatic carbocycles. The van der Waals surface area contributed by atoms with Crippen molar-refractivity contribution in [3.05, 3.63) is 53.7 Å². The van der Waals surface area contributed by atoms with Crippen LogP contribution in [0.4, 0.5) is 18.0 Å². The van der Waals surface area contributed by atoms with Gasteiger partial charge in [0.15, 0.2) is 0 Å². The maximum Gasteiger partial charge on any atom is 0.407 e. The summed E-state index contributed by atoms with van der Waals surface area (Å²) in [6.45, 7) is 0.751. The van der Waals surface area contributed by atoms with Gasteiger partial charge >= 0.3 is 12.3 Å². The zero-order chi connectivity index (χ0) is 23.3. The first-order chi connectivity index (χ1) is 15.1. The van der Waals surface area contributed by atoms with E-state index >= 15 is 0 Å². The van der Waals surface area contributed by atoms with Gasteiger partial charge in [-0.3, -0.25) is 14.7 Å². The van der Waals surface area contributed by atoms with Crippen LogP contribution in [0, 0.1) is 0 Å². The fourth-order valence-electron chi connectivity index (χ4n) is 3.81. The van der Waals surface area contributed by atoms with Crippen molar-refractivity contribution >= 4 is 12.0 Å². The van der Waals surface area contributed by atoms with Crippen LogP contribution in [0.2, 0.25) is 0 Å². The molecule has 0 bridgehead atoms. The minimum absolute atomic E-state index is 0.131. The van der Waals surface area contributed by atoms with Crippen molar-refractivity contribution in [3.8, 4) is 11.3 Å². The number of nitrogens with zero attached hydrogens (tertiary/aromatic N) is 3. The summed E-state index contributed by atoms with van der Waals surface area (Å²) in [6, 6.07) is 10.1. The molecule has 0 unspecified atom stereocenters. The van der Waals surface area contributed by atoms with E-state index in [0.717, 1.165) is 11.1 Å². The predicted octanol–water partition coefficient (Wildman–Crippen LogP) is 3.74. The predicted molar refractivity (Wildman–Crippen MR) is 112 cm³/mol. The van der Waals surface area contributed by atoms with Gasteiger partial charge in [0.25, 0.3) is 0 Å². The van der Waals surface area contributed by atoms with Crippen LogP contribution >= 0.6 is 0 Å². The third kappa shape index (κ3) is 6.43. The van der Waals surface area contributed by atoms with Crippen molar-refractivity contribution in [2.45, 2.75) is 38.0 Å². The van der Waals surface area contributed by atoms with Crippen LogP contribution in [0.5, 0.6) is 0 Å². The molecule has 0 saturated carbocycles. The van der Waals surface area contributed by atoms with Crippen LogP contribution in [0.3, 0.4) is 0 Å². The quantitative estimate of drug-likeness (QED) is 0.669. The fourth-order valence-corrected chi connectivity index (χ4v) is 3.81. The molecule has 0 spiro atoms. The van der Waals surface area contributed by atoms with E-state index in [0.29, 0.717) is 43.7 Å². The molecule has 3 rings (SSSR count). The molecule has 2 amide bonds. The lowest BCUT2D eigenvalue weighted by molar-refractivity contribution is -0.140. The maximum atomic E-state index is 12.9. The average Bonchev–Trinajstić information content (AvgIpc) is 2.76. The number of likely N-dealkylation sites (tertiary alicyclic amines) is 1. The van der Waals surface area contributed by atoms with E-state index in [2.05, 4.69) is 4.98 Å². The molecule has 0 atom stereocenters. The molecule has 2 heterocycles. The van der Waals surface area contributed by atoms with E-state index in [1.54, 1.807) is 41.4 Å². The number of hydrogen-bond donors (Lipinski definition) is 2. The molecule has 0 aliphatic carbocycles. The highest BCUT2D eigenvalue weighted by molar-refractivity contribution is 5.93. The molecule has 1 aliphatic rings. The average molecular weight is 450 g/mol. The van der Waals surface area contributed by atoms with Gasteiger partial charge < -0.3 is 15.7 Å². The number of alkyl halides is 3. The Morgan fingerprint density at radius 3 is 2.28 bits per heavy atom. The number of pyridine rings is 1. The number of benzene rings is 1. The zero-order valence-electron chi connectivity index (χ0n) is 17.4. The topological polar surface area (TPSA) is 99.8 Å². The Morgan fingerprint density at radius 1 is 1.12 bits per heavy atom. The first kappa shape index (κ1) is 23.5. The van der Waals surface area contributed by atoms with E-state index < -0.39 is 24.6 Å². The Hall–Kier alpha value is -3.14. The Labute approximate surface area is 183 Å². The number of primary amides is 1. The highest BCUT2D eigenvalue weighted by Gasteiger charge is 2.32. The monoisotopic (exact) mass is 450 g/mol. The van der Waals surface area contributed by atoms with E-state index in [1.807, 2.05) is 6.07 Å². The van der Waals surface area contributed by atoms with Gasteiger partial charge in [0.2, 0.25) is 5.91 Å². The number of piperidine rings is 1. The Kier molecular flexibility index (Phi) is 7.34. The Balaban J connectivity index is 1.69. The summed E-state index contributed by atoms with van der Waals surface area (Å²) < 4.78 is 38.6. The summed E-state index contributed by atoms with van der Waals surface area (Å²) in [6.07, 6.45) is -3.59. The number of halogens is 3. The standard InChI is InChI=1S/C22H25F3N4O3/c23-22(24,25)9-12-29(18-7-10-28(11-8-18)21(31)32)14-15-1-6-19(27-13-15)16-2-4-17(5-3-16)20(26)30/h1-6,13,18H,7-12,14H2,(H2,26,30)(H,31,32). The van der Waals surface area contributed by atoms with E-state index in [4.69, 9.17) is 10.8 Å². The number of carbonyl (C=O) groups excluding carboxylic acids is 1. The summed E-state index contributed by atoms with van der Waals surface area (Å²) in [4.78, 5) is 29.8. The number of hydrogen-bond acceptors (Lipinski definition) is 4. The number of amides is 2. The van der Waals surface area contributed by atoms with Crippen molar-refractivity contribution in [2.75, 3.05) is 19.6 Å². The lowest BCUT2D eigenvalue weighted by Gasteiger charge is -2.37. The number of carbonyl (C=O) groups is 2. The molecular formula is C22H25F3N4O3. The second kappa shape index (κ2) is 9.99. The molecule has 1 saturated heterocycles. The fraction of sp³-hybridized carbons (Fsp3) is 0.409. The second-order valence-corrected chi connectivity index (χ2v) is 7.83. The third-order valence-electron chi connectivity index (χ3n) is 5.61. The van der Waals surface area contributed by atoms with Gasteiger partial charge in [-0.2, -0.15) is 13.2 Å². The molecule has 2 aromatic rings. The Morgan fingerprint density at radius 2 is 1.78 bits per heavy atom. The molecular weight excluding hydrogens is 425 g/mol. The summed E-state index contributed by atoms with van der Waals surface area (Å²) in [5.41, 5.74) is 7.86. The van der Waals surface area contributed by atoms with Crippen LogP contribution in [0.15, 0.2) is 42.6 Å². The molecule has 0 radical (unpaired) electrons. The van der Waals surface area contributed by atoms with Crippen LogP contribution < -0.4 is 5.73 Å². The first-order valence-electron chi connectivity index (χ1n) is 10.3. The number of nitrogens with two attached hydrogens (primary N) is 1. The van der Waals surface area contributed by atoms with Crippen LogP contribution in [-0.4, -0.2) is 63.7 Å². The lowest BCUT2D eigenvalue weighted by Crippen LogP contribution is -2.46. The summed E-state index contributed by atoms with van der Waals surface area (Å²) in [5, 5.41) is 9.10. The van der Waals surface area contributed by atoms with Crippen molar-refractivity contribution in [1.82, 2.24) is 14.8 Å². The number of rotatable bonds is 7. The second-order valence-electron chi connectivity index (χ2n) is 7.83. The van der Waals surface area contributed by atoms with Gasteiger partial charge in [0, 0.05) is 49.5 Å². The summed E-state index contributed by atoms with van der Waals surface area (Å²) in [5.74, 6) is -0.520. The van der Waals surface area contributed by atoms with Gasteiger partial charge in [-0.25, -0.2) is 4.79 Å². The Bertz CT molecular complexity index is 925. The molecule has 7 nitrogen and oxygen atoms in total. The zero-order valence-corrected chi connectivity index (χ0v) is 17.4. The minimum Gasteiger partial charge on any atom is -0.465 e. The molecule has 32 heavy (non-hydrogen) atoms. The van der Waals surface area contributed by atoms with Crippen molar-refractivity contribution < 1.29 is 27.9 Å². The highest BCUT2D eigenvalue weighted by Crippen LogP contribution is 2.25. The smallest absolute Gasteiger partial charge is 0.407 e. The molecule has 1 aromatic heterocycles. The largest absolute Gasteiger partial charge is 0.465 e. The minimum atomic E-state index is -4.26. The normalized spacial score (nSPS) is 15.2. The number of aromatic nitrogens is 1. The van der Waals surface area contributed by atoms with E-state index in [1.165, 1.54) is 4.90 Å². The van der Waals surface area contributed by atoms with Gasteiger partial charge in [0.1, 0.15) is 0 Å². The van der Waals surface area contributed by atoms with Crippen LogP contribution in [-0.2, 0) is 6.54 Å². The maximum absolute atomic E-state index is 12.9. The lowest BCUT2D eigenvalue weighted by atomic mass is 10.0. The van der Waals surface area contributed by atoms with Crippen molar-refractivity contribution in [2.24, 2.45) is 5.73 Å². The van der Waals surface area contributed by atoms with Gasteiger partial charge in [-0.15, -0.1) is 0 Å². The van der Waals surface area contributed by atoms with Crippen molar-refractivity contribution in [1.29, 1.82) is 0 Å². The first-order valence-corrected chi connectivity index (χ1v) is 10.3. The molecule has 3 N–H and O–H groups in total. The molecule has 172 valence electrons. The molecule has 1 aliphatic heterocycles. The number of carboxylic acid groups (broad SMARTS) is 1. The summed E-state index contributed by atoms with van der Waals surface area (Å²) >= 11 is 0. The van der Waals surface area contributed by atoms with E-state index in [-0.39, 0.29) is 12.6 Å². The third-order valence-corrected chi connectivity index (χ3v) is 5.61. The summed E-state index contributed by atoms with van der Waals surface area (Å²) in [7, 11) is 0. The highest BCUT2D eigenvalue weighted by atomic mass is 19.4. The molecule has 10 heteroatoms. The van der Waals surface area contributed by atoms with E-state index in [9.17, 15) is 22.8 Å². The van der Waals surface area contributed by atoms with Crippen LogP contribution in [0.25, 0.3) is 11.3 Å². The van der Waals surface area contributed by atoms with Gasteiger partial charge in [-0.1, -0.05) is 18.2 Å². The van der Waals surface area contributed by atoms with Gasteiger partial charge in [-0.05, 0) is 36.6 Å². The van der Waals surface area contributed by atoms with Gasteiger partial charge in [0.05, 0.1) is 12.1 Å². The molecule has 1 fully saturated rings. The van der Waals surface area contributed by atoms with Crippen molar-refractivity contribution in [3.63, 3.8) is 0 Å². The SMILES string of the molecule is NC(=O)c1ccc(-c2ccc(CN(CCC(F)(F)F)C3CCN(C(=O)O)CC3)cn2)cc1.